The number of nitrogens with zero attached hydrogens (tertiary/aromatic N) is 1. The lowest BCUT2D eigenvalue weighted by atomic mass is 10.2. The van der Waals surface area contributed by atoms with Crippen LogP contribution in [-0.4, -0.2) is 57.2 Å². The number of hydrogen-bond donors (Lipinski definition) is 0. The van der Waals surface area contributed by atoms with Gasteiger partial charge in [-0.25, -0.2) is 8.42 Å². The smallest absolute Gasteiger partial charge is 0.151 e. The summed E-state index contributed by atoms with van der Waals surface area (Å²) < 4.78 is 27.7. The molecule has 2 rings (SSSR count). The Morgan fingerprint density at radius 3 is 2.36 bits per heavy atom. The highest BCUT2D eigenvalue weighted by molar-refractivity contribution is 7.91. The summed E-state index contributed by atoms with van der Waals surface area (Å²) in [6.45, 7) is 3.27. The number of ether oxygens (including phenoxy) is 1. The molecular formula is C8H15ClNO3S-. The van der Waals surface area contributed by atoms with Gasteiger partial charge in [0.15, 0.2) is 9.84 Å². The van der Waals surface area contributed by atoms with Crippen LogP contribution in [0.1, 0.15) is 6.42 Å². The summed E-state index contributed by atoms with van der Waals surface area (Å²) in [4.78, 5) is 2.24. The van der Waals surface area contributed by atoms with Crippen molar-refractivity contribution < 1.29 is 25.6 Å². The largest absolute Gasteiger partial charge is 1.00 e. The van der Waals surface area contributed by atoms with E-state index in [1.807, 2.05) is 0 Å². The first-order chi connectivity index (χ1) is 6.17. The Balaban J connectivity index is 0.000000980. The maximum Gasteiger partial charge on any atom is 0.151 e. The lowest BCUT2D eigenvalue weighted by molar-refractivity contribution is -0.00000644. The molecule has 0 N–H and O–H groups in total. The van der Waals surface area contributed by atoms with Crippen LogP contribution in [0.25, 0.3) is 0 Å². The summed E-state index contributed by atoms with van der Waals surface area (Å²) in [6, 6.07) is 0.258. The first-order valence-electron chi connectivity index (χ1n) is 4.70. The van der Waals surface area contributed by atoms with Crippen LogP contribution in [0, 0.1) is 0 Å². The molecule has 0 radical (unpaired) electrons. The topological polar surface area (TPSA) is 46.6 Å². The molecule has 2 aliphatic heterocycles. The third kappa shape index (κ3) is 2.82. The van der Waals surface area contributed by atoms with E-state index in [9.17, 15) is 8.42 Å². The maximum absolute atomic E-state index is 11.2. The van der Waals surface area contributed by atoms with E-state index >= 15 is 0 Å². The predicted octanol–water partition coefficient (Wildman–Crippen LogP) is -3.49. The zero-order chi connectivity index (χ0) is 9.31. The molecule has 2 fully saturated rings. The predicted molar refractivity (Wildman–Crippen MR) is 49.5 cm³/mol. The highest BCUT2D eigenvalue weighted by Crippen LogP contribution is 2.18. The molecular weight excluding hydrogens is 226 g/mol. The number of rotatable bonds is 1. The summed E-state index contributed by atoms with van der Waals surface area (Å²) >= 11 is 0. The summed E-state index contributed by atoms with van der Waals surface area (Å²) in [7, 11) is -2.73. The van der Waals surface area contributed by atoms with E-state index in [1.54, 1.807) is 0 Å². The van der Waals surface area contributed by atoms with Crippen LogP contribution in [0.3, 0.4) is 0 Å². The number of hydrogen-bond acceptors (Lipinski definition) is 4. The van der Waals surface area contributed by atoms with Crippen molar-refractivity contribution in [3.63, 3.8) is 0 Å². The van der Waals surface area contributed by atoms with E-state index < -0.39 is 9.84 Å². The van der Waals surface area contributed by atoms with Gasteiger partial charge in [0.2, 0.25) is 0 Å². The van der Waals surface area contributed by atoms with E-state index in [0.29, 0.717) is 11.5 Å². The molecule has 0 aromatic carbocycles. The van der Waals surface area contributed by atoms with Gasteiger partial charge in [-0.2, -0.15) is 0 Å². The van der Waals surface area contributed by atoms with Crippen LogP contribution in [0.15, 0.2) is 0 Å². The minimum absolute atomic E-state index is 0. The summed E-state index contributed by atoms with van der Waals surface area (Å²) in [5.41, 5.74) is 0. The van der Waals surface area contributed by atoms with E-state index in [2.05, 4.69) is 4.90 Å². The van der Waals surface area contributed by atoms with Crippen LogP contribution in [0.2, 0.25) is 0 Å². The Morgan fingerprint density at radius 1 is 1.21 bits per heavy atom. The van der Waals surface area contributed by atoms with Gasteiger partial charge in [0.1, 0.15) is 0 Å². The van der Waals surface area contributed by atoms with E-state index in [4.69, 9.17) is 4.74 Å². The van der Waals surface area contributed by atoms with Crippen molar-refractivity contribution in [1.29, 1.82) is 0 Å². The molecule has 0 spiro atoms. The molecule has 4 nitrogen and oxygen atoms in total. The highest BCUT2D eigenvalue weighted by Gasteiger charge is 2.32. The fourth-order valence-electron chi connectivity index (χ4n) is 2.01. The second-order valence-corrected chi connectivity index (χ2v) is 5.93. The molecule has 6 heteroatoms. The lowest BCUT2D eigenvalue weighted by Crippen LogP contribution is -3.00. The Bertz CT molecular complexity index is 274. The molecule has 0 amide bonds. The zero-order valence-corrected chi connectivity index (χ0v) is 9.56. The van der Waals surface area contributed by atoms with Gasteiger partial charge >= 0.3 is 0 Å². The van der Waals surface area contributed by atoms with Crippen molar-refractivity contribution in [2.45, 2.75) is 12.5 Å². The highest BCUT2D eigenvalue weighted by atomic mass is 35.5. The van der Waals surface area contributed by atoms with E-state index in [-0.39, 0.29) is 18.4 Å². The Labute approximate surface area is 90.9 Å². The fraction of sp³-hybridized carbons (Fsp3) is 1.00. The van der Waals surface area contributed by atoms with Gasteiger partial charge in [-0.05, 0) is 6.42 Å². The molecule has 0 bridgehead atoms. The van der Waals surface area contributed by atoms with Crippen molar-refractivity contribution in [1.82, 2.24) is 4.90 Å². The second kappa shape index (κ2) is 4.79. The van der Waals surface area contributed by atoms with Gasteiger partial charge in [-0.3, -0.25) is 4.90 Å². The molecule has 1 unspecified atom stereocenters. The first-order valence-corrected chi connectivity index (χ1v) is 6.52. The van der Waals surface area contributed by atoms with E-state index in [1.165, 1.54) is 0 Å². The minimum Gasteiger partial charge on any atom is -1.00 e. The molecule has 2 heterocycles. The Morgan fingerprint density at radius 2 is 1.86 bits per heavy atom. The average molecular weight is 241 g/mol. The SMILES string of the molecule is O=S1(=O)CCC(N2CCOCC2)C1.[Cl-]. The Hall–Kier alpha value is 0.160. The van der Waals surface area contributed by atoms with Gasteiger partial charge in [0.05, 0.1) is 24.7 Å². The molecule has 1 atom stereocenters. The second-order valence-electron chi connectivity index (χ2n) is 3.71. The fourth-order valence-corrected chi connectivity index (χ4v) is 3.77. The summed E-state index contributed by atoms with van der Waals surface area (Å²) in [6.07, 6.45) is 0.808. The number of morpholine rings is 1. The van der Waals surface area contributed by atoms with Crippen LogP contribution in [-0.2, 0) is 14.6 Å². The molecule has 2 aliphatic rings. The first kappa shape index (κ1) is 12.2. The Kier molecular flexibility index (Phi) is 4.18. The van der Waals surface area contributed by atoms with Crippen molar-refractivity contribution in [2.75, 3.05) is 37.8 Å². The lowest BCUT2D eigenvalue weighted by Gasteiger charge is -2.31. The van der Waals surface area contributed by atoms with Crippen molar-refractivity contribution >= 4 is 9.84 Å². The summed E-state index contributed by atoms with van der Waals surface area (Å²) in [5, 5.41) is 0. The molecule has 84 valence electrons. The molecule has 14 heavy (non-hydrogen) atoms. The van der Waals surface area contributed by atoms with Crippen molar-refractivity contribution in [3.8, 4) is 0 Å². The molecule has 0 aliphatic carbocycles. The molecule has 2 saturated heterocycles. The van der Waals surface area contributed by atoms with E-state index in [0.717, 1.165) is 32.7 Å². The minimum atomic E-state index is -2.73. The van der Waals surface area contributed by atoms with Crippen molar-refractivity contribution in [2.24, 2.45) is 0 Å². The third-order valence-corrected chi connectivity index (χ3v) is 4.52. The van der Waals surface area contributed by atoms with Crippen LogP contribution >= 0.6 is 0 Å². The van der Waals surface area contributed by atoms with Crippen LogP contribution in [0.5, 0.6) is 0 Å². The number of halogens is 1. The molecule has 0 saturated carbocycles. The molecule has 0 aromatic rings. The van der Waals surface area contributed by atoms with Crippen molar-refractivity contribution in [3.05, 3.63) is 0 Å². The normalized spacial score (nSPS) is 32.4. The van der Waals surface area contributed by atoms with Gasteiger partial charge in [0, 0.05) is 19.1 Å². The quantitative estimate of drug-likeness (QED) is 0.478. The maximum atomic E-state index is 11.2. The summed E-state index contributed by atoms with van der Waals surface area (Å²) in [5.74, 6) is 0.724. The van der Waals surface area contributed by atoms with Gasteiger partial charge in [0.25, 0.3) is 0 Å². The van der Waals surface area contributed by atoms with Crippen LogP contribution < -0.4 is 12.4 Å². The van der Waals surface area contributed by atoms with Gasteiger partial charge in [-0.15, -0.1) is 0 Å². The van der Waals surface area contributed by atoms with Gasteiger partial charge in [-0.1, -0.05) is 0 Å². The monoisotopic (exact) mass is 240 g/mol. The third-order valence-electron chi connectivity index (χ3n) is 2.77. The standard InChI is InChI=1S/C8H15NO3S.ClH/c10-13(11)6-1-8(7-13)9-2-4-12-5-3-9;/h8H,1-7H2;1H/p-1. The molecule has 0 aromatic heterocycles. The van der Waals surface area contributed by atoms with Crippen LogP contribution in [0.4, 0.5) is 0 Å². The number of sulfone groups is 1. The van der Waals surface area contributed by atoms with Gasteiger partial charge < -0.3 is 17.1 Å². The zero-order valence-electron chi connectivity index (χ0n) is 7.99. The average Bonchev–Trinajstić information content (AvgIpc) is 2.48.